The van der Waals surface area contributed by atoms with Crippen LogP contribution in [-0.4, -0.2) is 149 Å². The molecule has 0 aliphatic heterocycles. The number of ketones is 10. The first-order valence-electron chi connectivity index (χ1n) is 58.4. The van der Waals surface area contributed by atoms with E-state index in [0.717, 1.165) is 75.3 Å². The van der Waals surface area contributed by atoms with Gasteiger partial charge in [-0.15, -0.1) is 0 Å². The molecule has 18 heteroatoms. The molecule has 8 N–H and O–H groups in total. The standard InChI is InChI=1S/C16H24O.C15H29NO.C14H27NO.C14H21NO.C13H26O.C12H23NO.C12H25NO.C11H21NO.C11H23NO.C9H19NO/c1-12(2)10-15(16(17)13(3)4)11-14-8-6-5-7-9-14;1-11(2)15(17)14(16-12(3)4)10-13-8-6-5-7-9-13;2*1-10(2)14(16)13(15-11(3)4)12-8-6-5-7-9-12;1-9(2)7-12(8-10(3)4)13(14)11(5)6;1-8(2)12(14)11(13-9(3)4)7-10-5-6-10;1-8(2)10(14)11(12(5,6)7)13-9(3)4;1-8(2)10(13)11(5-6-11)7-12-9(3)4;1-7(2)10(12-9(5)6)11(13)8(3)4;1-6(2)9(11)8(5)10-7(3)4/h5-9,12-13,15H,10-11H2,1-4H3;11-14,16H,5-10H2,1-4H3;10-13,15H,5-9H2,1-4H3;5-11,13,15H,1-4H3;9-12H,7-8H2,1-6H3;8-11,13H,5-7H2,1-4H3;8-9,11,13H,1-7H3;8-9,12H,5-7H2,1-4H3;7-10,12H,1-6H3;6-8,10H,1-5H3/t15-;14-;2*13-;;2*11-;;10-;8-/m0000.01.00/s1. The van der Waals surface area contributed by atoms with Crippen LogP contribution < -0.4 is 42.5 Å². The van der Waals surface area contributed by atoms with Gasteiger partial charge < -0.3 is 42.5 Å². The summed E-state index contributed by atoms with van der Waals surface area (Å²) in [4.78, 5) is 119. The van der Waals surface area contributed by atoms with Crippen molar-refractivity contribution in [2.45, 2.75) is 551 Å². The number of carbonyl (C=O) groups is 10. The Balaban J connectivity index is -0.000000764. The first-order valence-corrected chi connectivity index (χ1v) is 58.4. The van der Waals surface area contributed by atoms with Crippen molar-refractivity contribution in [3.63, 3.8) is 0 Å². The van der Waals surface area contributed by atoms with E-state index < -0.39 is 0 Å². The third kappa shape index (κ3) is 69.9. The second kappa shape index (κ2) is 78.0. The molecule has 8 atom stereocenters. The molecule has 2 aromatic rings. The molecule has 4 saturated carbocycles. The van der Waals surface area contributed by atoms with Crippen LogP contribution in [0.15, 0.2) is 60.7 Å². The fourth-order valence-electron chi connectivity index (χ4n) is 18.6. The second-order valence-electron chi connectivity index (χ2n) is 51.6. The lowest BCUT2D eigenvalue weighted by Gasteiger charge is -2.33. The molecule has 0 aromatic heterocycles. The highest BCUT2D eigenvalue weighted by molar-refractivity contribution is 5.91. The summed E-state index contributed by atoms with van der Waals surface area (Å²) in [6.45, 7) is 99.5. The molecular formula is C127H238N8O10. The Morgan fingerprint density at radius 2 is 0.648 bits per heavy atom. The van der Waals surface area contributed by atoms with Crippen LogP contribution >= 0.6 is 0 Å². The summed E-state index contributed by atoms with van der Waals surface area (Å²) in [6.07, 6.45) is 24.0. The van der Waals surface area contributed by atoms with Gasteiger partial charge >= 0.3 is 0 Å². The quantitative estimate of drug-likeness (QED) is 0.0306. The number of Topliss-reactive ketones (excluding diaryl/α,β-unsaturated/α-hetero) is 10. The molecule has 4 fully saturated rings. The lowest BCUT2D eigenvalue weighted by Crippen LogP contribution is -2.50. The Kier molecular flexibility index (Phi) is 78.6. The predicted octanol–water partition coefficient (Wildman–Crippen LogP) is 28.5. The normalized spacial score (nSPS) is 16.1. The van der Waals surface area contributed by atoms with Gasteiger partial charge in [-0.05, 0) is 143 Å². The van der Waals surface area contributed by atoms with Gasteiger partial charge in [-0.25, -0.2) is 0 Å². The van der Waals surface area contributed by atoms with Crippen LogP contribution in [0.3, 0.4) is 0 Å². The first-order chi connectivity index (χ1) is 66.8. The summed E-state index contributed by atoms with van der Waals surface area (Å²) >= 11 is 0. The number of carbonyl (C=O) groups excluding carboxylic acids is 10. The topological polar surface area (TPSA) is 267 Å². The Morgan fingerprint density at radius 3 is 0.959 bits per heavy atom. The summed E-state index contributed by atoms with van der Waals surface area (Å²) in [5.74, 6) is 9.87. The van der Waals surface area contributed by atoms with E-state index in [1.165, 1.54) is 82.6 Å². The average molecular weight is 2040 g/mol. The van der Waals surface area contributed by atoms with Crippen LogP contribution in [0, 0.1) is 123 Å². The van der Waals surface area contributed by atoms with E-state index >= 15 is 0 Å². The number of nitrogens with one attached hydrogen (secondary N) is 8. The van der Waals surface area contributed by atoms with Gasteiger partial charge in [0, 0.05) is 131 Å². The summed E-state index contributed by atoms with van der Waals surface area (Å²) in [6, 6.07) is 23.4. The molecule has 18 nitrogen and oxygen atoms in total. The van der Waals surface area contributed by atoms with Crippen molar-refractivity contribution in [2.75, 3.05) is 6.54 Å². The zero-order chi connectivity index (χ0) is 113. The van der Waals surface area contributed by atoms with Crippen molar-refractivity contribution >= 4 is 57.8 Å². The minimum atomic E-state index is -0.179. The van der Waals surface area contributed by atoms with Crippen LogP contribution in [-0.2, 0) is 54.4 Å². The van der Waals surface area contributed by atoms with E-state index in [9.17, 15) is 47.9 Å². The van der Waals surface area contributed by atoms with E-state index in [1.54, 1.807) is 0 Å². The summed E-state index contributed by atoms with van der Waals surface area (Å²) in [5.41, 5.74) is 2.33. The van der Waals surface area contributed by atoms with Gasteiger partial charge in [-0.1, -0.05) is 436 Å². The Hall–Kier alpha value is -5.18. The highest BCUT2D eigenvalue weighted by Gasteiger charge is 2.50. The minimum absolute atomic E-state index is 0.00463. The smallest absolute Gasteiger partial charge is 0.156 e. The third-order valence-electron chi connectivity index (χ3n) is 26.6. The zero-order valence-corrected chi connectivity index (χ0v) is 103. The van der Waals surface area contributed by atoms with E-state index in [2.05, 4.69) is 228 Å². The maximum Gasteiger partial charge on any atom is 0.156 e. The lowest BCUT2D eigenvalue weighted by atomic mass is 9.80. The van der Waals surface area contributed by atoms with E-state index in [0.29, 0.717) is 130 Å². The Labute approximate surface area is 896 Å². The van der Waals surface area contributed by atoms with Gasteiger partial charge in [0.2, 0.25) is 0 Å². The van der Waals surface area contributed by atoms with Crippen molar-refractivity contribution in [1.82, 2.24) is 42.5 Å². The van der Waals surface area contributed by atoms with Gasteiger partial charge in [0.15, 0.2) is 40.5 Å². The maximum absolute atomic E-state index is 12.2. The van der Waals surface area contributed by atoms with Crippen molar-refractivity contribution < 1.29 is 47.9 Å². The molecule has 846 valence electrons. The Bertz CT molecular complexity index is 3680. The van der Waals surface area contributed by atoms with Crippen LogP contribution in [0.2, 0.25) is 0 Å². The van der Waals surface area contributed by atoms with Crippen molar-refractivity contribution in [1.29, 1.82) is 0 Å². The number of hydrogen-bond acceptors (Lipinski definition) is 18. The van der Waals surface area contributed by atoms with E-state index in [1.807, 2.05) is 208 Å². The fourth-order valence-corrected chi connectivity index (χ4v) is 18.6. The first kappa shape index (κ1) is 146. The average Bonchev–Trinajstić information content (AvgIpc) is 1.63. The SMILES string of the molecule is CC(C)CC(CC(C)C)C(=O)C(C)C.CC(C)C[C@@H](Cc1ccccc1)C(=O)C(C)C.CC(C)NCC1(C(=O)C(C)C)CC1.CC(C)N[C@@H](C)C(=O)C(C)C.CC(C)N[C@@H](CC1CC1)C(=O)C(C)C.CC(C)N[C@@H](CC1CCCCC1)C(=O)C(C)C.CC(C)N[C@H](C(=O)C(C)C)C(C)(C)C.CC(C)N[C@H](C(=O)C(C)C)C(C)C.CC(C)N[C@H](C(=O)C(C)C)C1CCCCC1.CC(C)N[C@H](C(=O)C(C)C)c1ccccc1. The van der Waals surface area contributed by atoms with Crippen LogP contribution in [0.4, 0.5) is 0 Å². The highest BCUT2D eigenvalue weighted by Crippen LogP contribution is 2.48. The summed E-state index contributed by atoms with van der Waals surface area (Å²) in [7, 11) is 0. The molecule has 6 rings (SSSR count). The van der Waals surface area contributed by atoms with Gasteiger partial charge in [-0.2, -0.15) is 0 Å². The van der Waals surface area contributed by atoms with Gasteiger partial charge in [0.05, 0.1) is 42.3 Å². The molecule has 0 spiro atoms. The molecule has 4 aliphatic rings. The molecule has 145 heavy (non-hydrogen) atoms. The largest absolute Gasteiger partial charge is 0.314 e. The van der Waals surface area contributed by atoms with Gasteiger partial charge in [-0.3, -0.25) is 47.9 Å². The van der Waals surface area contributed by atoms with Gasteiger partial charge in [0.25, 0.3) is 0 Å². The number of hydrogen-bond donors (Lipinski definition) is 8. The molecule has 0 unspecified atom stereocenters. The molecule has 0 heterocycles. The predicted molar refractivity (Wildman–Crippen MR) is 624 cm³/mol. The van der Waals surface area contributed by atoms with Crippen molar-refractivity contribution in [3.05, 3.63) is 71.8 Å². The van der Waals surface area contributed by atoms with Crippen LogP contribution in [0.25, 0.3) is 0 Å². The lowest BCUT2D eigenvalue weighted by molar-refractivity contribution is -0.127. The molecule has 0 radical (unpaired) electrons. The summed E-state index contributed by atoms with van der Waals surface area (Å²) in [5, 5.41) is 26.8. The number of benzene rings is 2. The molecular weight excluding hydrogens is 1800 g/mol. The second-order valence-corrected chi connectivity index (χ2v) is 51.6. The maximum atomic E-state index is 12.2. The molecule has 0 amide bonds. The minimum Gasteiger partial charge on any atom is -0.314 e. The van der Waals surface area contributed by atoms with Gasteiger partial charge in [0.1, 0.15) is 17.3 Å². The molecule has 0 bridgehead atoms. The van der Waals surface area contributed by atoms with Crippen molar-refractivity contribution in [3.8, 4) is 0 Å². The third-order valence-corrected chi connectivity index (χ3v) is 26.6. The molecule has 2 aromatic carbocycles. The van der Waals surface area contributed by atoms with E-state index in [4.69, 9.17) is 0 Å². The number of rotatable bonds is 52. The Morgan fingerprint density at radius 1 is 0.310 bits per heavy atom. The summed E-state index contributed by atoms with van der Waals surface area (Å²) < 4.78 is 0. The molecule has 4 aliphatic carbocycles. The highest BCUT2D eigenvalue weighted by atomic mass is 16.2. The van der Waals surface area contributed by atoms with Crippen LogP contribution in [0.5, 0.6) is 0 Å². The van der Waals surface area contributed by atoms with E-state index in [-0.39, 0.29) is 130 Å². The zero-order valence-electron chi connectivity index (χ0n) is 103. The van der Waals surface area contributed by atoms with Crippen molar-refractivity contribution in [2.24, 2.45) is 123 Å². The molecule has 0 saturated heterocycles. The fraction of sp³-hybridized carbons (Fsp3) is 0.827. The van der Waals surface area contributed by atoms with Crippen LogP contribution in [0.1, 0.15) is 472 Å². The monoisotopic (exact) mass is 2040 g/mol.